The number of hydrogen-bond acceptors (Lipinski definition) is 5. The van der Waals surface area contributed by atoms with Crippen molar-refractivity contribution in [2.75, 3.05) is 36.5 Å². The first-order chi connectivity index (χ1) is 9.02. The molecular formula is C12H18ClN3O2S. The van der Waals surface area contributed by atoms with Gasteiger partial charge in [-0.25, -0.2) is 13.4 Å². The van der Waals surface area contributed by atoms with E-state index in [9.17, 15) is 8.42 Å². The third-order valence-electron chi connectivity index (χ3n) is 3.11. The van der Waals surface area contributed by atoms with E-state index in [1.54, 1.807) is 6.20 Å². The quantitative estimate of drug-likeness (QED) is 0.905. The van der Waals surface area contributed by atoms with Crippen molar-refractivity contribution >= 4 is 27.3 Å². The maximum Gasteiger partial charge on any atom is 0.152 e. The fourth-order valence-electron chi connectivity index (χ4n) is 2.15. The Labute approximate surface area is 118 Å². The summed E-state index contributed by atoms with van der Waals surface area (Å²) in [6.45, 7) is 1.85. The first-order valence-electron chi connectivity index (χ1n) is 6.26. The minimum Gasteiger partial charge on any atom is -0.354 e. The molecule has 1 aliphatic rings. The summed E-state index contributed by atoms with van der Waals surface area (Å²) in [5.41, 5.74) is 1.01. The molecule has 7 heteroatoms. The Balaban J connectivity index is 2.17. The van der Waals surface area contributed by atoms with Crippen LogP contribution in [0.1, 0.15) is 12.0 Å². The highest BCUT2D eigenvalue weighted by Crippen LogP contribution is 2.25. The minimum atomic E-state index is -2.91. The minimum absolute atomic E-state index is 0.170. The Morgan fingerprint density at radius 3 is 2.89 bits per heavy atom. The van der Waals surface area contributed by atoms with Gasteiger partial charge in [0, 0.05) is 25.8 Å². The highest BCUT2D eigenvalue weighted by atomic mass is 35.5. The van der Waals surface area contributed by atoms with Crippen LogP contribution in [0.3, 0.4) is 0 Å². The molecule has 2 heterocycles. The zero-order valence-electron chi connectivity index (χ0n) is 10.9. The fraction of sp³-hybridized carbons (Fsp3) is 0.583. The van der Waals surface area contributed by atoms with Crippen molar-refractivity contribution in [1.82, 2.24) is 10.3 Å². The lowest BCUT2D eigenvalue weighted by molar-refractivity contribution is 0.597. The van der Waals surface area contributed by atoms with E-state index in [0.717, 1.165) is 5.56 Å². The van der Waals surface area contributed by atoms with Crippen LogP contribution in [-0.4, -0.2) is 45.0 Å². The molecule has 0 unspecified atom stereocenters. The van der Waals surface area contributed by atoms with Gasteiger partial charge in [0.15, 0.2) is 9.84 Å². The molecule has 0 bridgehead atoms. The maximum atomic E-state index is 11.6. The third kappa shape index (κ3) is 3.81. The number of nitrogens with one attached hydrogen (secondary N) is 1. The highest BCUT2D eigenvalue weighted by molar-refractivity contribution is 7.91. The fourth-order valence-corrected chi connectivity index (χ4v) is 3.73. The lowest BCUT2D eigenvalue weighted by atomic mass is 10.2. The molecule has 1 aromatic rings. The van der Waals surface area contributed by atoms with Gasteiger partial charge in [-0.1, -0.05) is 11.6 Å². The largest absolute Gasteiger partial charge is 0.354 e. The van der Waals surface area contributed by atoms with Crippen molar-refractivity contribution in [3.63, 3.8) is 0 Å². The summed E-state index contributed by atoms with van der Waals surface area (Å²) < 4.78 is 23.2. The van der Waals surface area contributed by atoms with E-state index in [0.29, 0.717) is 36.9 Å². The summed E-state index contributed by atoms with van der Waals surface area (Å²) in [6.07, 6.45) is 2.40. The van der Waals surface area contributed by atoms with Crippen LogP contribution in [0, 0.1) is 0 Å². The monoisotopic (exact) mass is 303 g/mol. The molecule has 0 radical (unpaired) electrons. The summed E-state index contributed by atoms with van der Waals surface area (Å²) in [7, 11) is -1.05. The second-order valence-corrected chi connectivity index (χ2v) is 7.38. The number of hydrogen-bond donors (Lipinski definition) is 1. The number of aromatic nitrogens is 1. The molecule has 0 saturated carbocycles. The second kappa shape index (κ2) is 6.07. The van der Waals surface area contributed by atoms with Crippen LogP contribution < -0.4 is 10.2 Å². The Kier molecular flexibility index (Phi) is 4.65. The molecular weight excluding hydrogens is 286 g/mol. The van der Waals surface area contributed by atoms with Crippen molar-refractivity contribution in [2.45, 2.75) is 13.0 Å². The molecule has 2 rings (SSSR count). The molecule has 1 saturated heterocycles. The topological polar surface area (TPSA) is 62.3 Å². The predicted molar refractivity (Wildman–Crippen MR) is 77.5 cm³/mol. The maximum absolute atomic E-state index is 11.6. The molecule has 0 aromatic carbocycles. The van der Waals surface area contributed by atoms with Gasteiger partial charge in [0.1, 0.15) is 5.82 Å². The van der Waals surface area contributed by atoms with Crippen molar-refractivity contribution in [2.24, 2.45) is 0 Å². The Bertz CT molecular complexity index is 548. The normalized spacial score (nSPS) is 19.2. The van der Waals surface area contributed by atoms with Crippen LogP contribution in [0.5, 0.6) is 0 Å². The van der Waals surface area contributed by atoms with E-state index in [2.05, 4.69) is 10.3 Å². The van der Waals surface area contributed by atoms with E-state index >= 15 is 0 Å². The zero-order chi connectivity index (χ0) is 13.9. The summed E-state index contributed by atoms with van der Waals surface area (Å²) >= 11 is 6.24. The smallest absolute Gasteiger partial charge is 0.152 e. The van der Waals surface area contributed by atoms with Gasteiger partial charge < -0.3 is 10.2 Å². The number of anilines is 1. The van der Waals surface area contributed by atoms with E-state index in [4.69, 9.17) is 11.6 Å². The molecule has 1 aromatic heterocycles. The molecule has 0 atom stereocenters. The van der Waals surface area contributed by atoms with Crippen molar-refractivity contribution in [3.05, 3.63) is 22.8 Å². The first-order valence-corrected chi connectivity index (χ1v) is 8.46. The predicted octanol–water partition coefficient (Wildman–Crippen LogP) is 1.08. The summed E-state index contributed by atoms with van der Waals surface area (Å²) in [5.74, 6) is 1.10. The lowest BCUT2D eigenvalue weighted by Crippen LogP contribution is -2.28. The second-order valence-electron chi connectivity index (χ2n) is 4.67. The van der Waals surface area contributed by atoms with Gasteiger partial charge in [0.25, 0.3) is 0 Å². The van der Waals surface area contributed by atoms with E-state index < -0.39 is 9.84 Å². The van der Waals surface area contributed by atoms with E-state index in [-0.39, 0.29) is 11.5 Å². The van der Waals surface area contributed by atoms with Crippen LogP contribution in [0.15, 0.2) is 12.3 Å². The highest BCUT2D eigenvalue weighted by Gasteiger charge is 2.21. The molecule has 5 nitrogen and oxygen atoms in total. The molecule has 0 spiro atoms. The van der Waals surface area contributed by atoms with Crippen LogP contribution in [-0.2, 0) is 16.4 Å². The van der Waals surface area contributed by atoms with E-state index in [1.807, 2.05) is 18.0 Å². The van der Waals surface area contributed by atoms with Crippen LogP contribution in [0.4, 0.5) is 5.82 Å². The molecule has 1 N–H and O–H groups in total. The van der Waals surface area contributed by atoms with Crippen molar-refractivity contribution in [1.29, 1.82) is 0 Å². The molecule has 19 heavy (non-hydrogen) atoms. The summed E-state index contributed by atoms with van der Waals surface area (Å²) in [4.78, 5) is 6.32. The summed E-state index contributed by atoms with van der Waals surface area (Å²) in [5, 5.41) is 3.62. The Morgan fingerprint density at radius 1 is 1.42 bits per heavy atom. The number of sulfone groups is 1. The van der Waals surface area contributed by atoms with Gasteiger partial charge >= 0.3 is 0 Å². The zero-order valence-corrected chi connectivity index (χ0v) is 12.5. The van der Waals surface area contributed by atoms with Crippen LogP contribution in [0.2, 0.25) is 5.02 Å². The molecule has 0 aliphatic carbocycles. The average Bonchev–Trinajstić information content (AvgIpc) is 2.51. The average molecular weight is 304 g/mol. The SMILES string of the molecule is CNCc1cnc(N2CCCS(=O)(=O)CC2)c(Cl)c1. The standard InChI is InChI=1S/C12H18ClN3O2S/c1-14-8-10-7-11(13)12(15-9-10)16-3-2-5-19(17,18)6-4-16/h7,9,14H,2-6,8H2,1H3. The Hall–Kier alpha value is -0.850. The molecule has 0 amide bonds. The molecule has 106 valence electrons. The number of halogens is 1. The van der Waals surface area contributed by atoms with Crippen molar-refractivity contribution in [3.8, 4) is 0 Å². The van der Waals surface area contributed by atoms with Crippen LogP contribution in [0.25, 0.3) is 0 Å². The molecule has 1 fully saturated rings. The molecule has 1 aliphatic heterocycles. The van der Waals surface area contributed by atoms with Gasteiger partial charge in [-0.3, -0.25) is 0 Å². The van der Waals surface area contributed by atoms with Gasteiger partial charge in [0.05, 0.1) is 16.5 Å². The van der Waals surface area contributed by atoms with Crippen molar-refractivity contribution < 1.29 is 8.42 Å². The first kappa shape index (κ1) is 14.6. The third-order valence-corrected chi connectivity index (χ3v) is 5.11. The van der Waals surface area contributed by atoms with Crippen LogP contribution >= 0.6 is 11.6 Å². The van der Waals surface area contributed by atoms with E-state index in [1.165, 1.54) is 0 Å². The number of rotatable bonds is 3. The summed E-state index contributed by atoms with van der Waals surface area (Å²) in [6, 6.07) is 1.87. The van der Waals surface area contributed by atoms with Gasteiger partial charge in [-0.05, 0) is 25.1 Å². The van der Waals surface area contributed by atoms with Gasteiger partial charge in [-0.2, -0.15) is 0 Å². The number of pyridine rings is 1. The number of nitrogens with zero attached hydrogens (tertiary/aromatic N) is 2. The Morgan fingerprint density at radius 2 is 2.21 bits per heavy atom. The van der Waals surface area contributed by atoms with Gasteiger partial charge in [0.2, 0.25) is 0 Å². The van der Waals surface area contributed by atoms with Gasteiger partial charge in [-0.15, -0.1) is 0 Å². The lowest BCUT2D eigenvalue weighted by Gasteiger charge is -2.22.